The van der Waals surface area contributed by atoms with Crippen LogP contribution in [0, 0.1) is 5.92 Å². The third kappa shape index (κ3) is 4.18. The van der Waals surface area contributed by atoms with Gasteiger partial charge in [-0.25, -0.2) is 15.5 Å². The summed E-state index contributed by atoms with van der Waals surface area (Å²) in [5.41, 5.74) is 3.24. The highest BCUT2D eigenvalue weighted by Gasteiger charge is 2.21. The van der Waals surface area contributed by atoms with Gasteiger partial charge in [0.2, 0.25) is 0 Å². The first-order valence-corrected chi connectivity index (χ1v) is 11.2. The van der Waals surface area contributed by atoms with Crippen LogP contribution in [-0.4, -0.2) is 55.3 Å². The van der Waals surface area contributed by atoms with Crippen LogP contribution < -0.4 is 11.4 Å². The van der Waals surface area contributed by atoms with Gasteiger partial charge in [-0.2, -0.15) is 10.2 Å². The molecular weight excluding hydrogens is 428 g/mol. The number of thiazole rings is 1. The summed E-state index contributed by atoms with van der Waals surface area (Å²) in [6.45, 7) is 2.97. The number of rotatable bonds is 9. The van der Waals surface area contributed by atoms with Gasteiger partial charge in [-0.3, -0.25) is 9.89 Å². The maximum Gasteiger partial charge on any atom is 0.291 e. The van der Waals surface area contributed by atoms with E-state index < -0.39 is 0 Å². The molecule has 4 aromatic rings. The number of H-pyrrole nitrogens is 1. The quantitative estimate of drug-likeness (QED) is 0.292. The molecule has 1 atom stereocenters. The number of methoxy groups -OCH3 is 1. The van der Waals surface area contributed by atoms with Crippen LogP contribution in [-0.2, 0) is 24.8 Å². The van der Waals surface area contributed by atoms with Gasteiger partial charge in [0.15, 0.2) is 5.65 Å². The van der Waals surface area contributed by atoms with E-state index in [4.69, 9.17) is 15.6 Å². The van der Waals surface area contributed by atoms with E-state index in [0.29, 0.717) is 25.1 Å². The number of ether oxygens (including phenoxy) is 1. The van der Waals surface area contributed by atoms with Gasteiger partial charge in [-0.1, -0.05) is 6.92 Å². The number of hydrogen-bond donors (Lipinski definition) is 2. The Kier molecular flexibility index (Phi) is 6.40. The molecule has 11 heteroatoms. The first-order chi connectivity index (χ1) is 15.4. The monoisotopic (exact) mass is 456 g/mol. The Hall–Kier alpha value is -3.02. The summed E-state index contributed by atoms with van der Waals surface area (Å²) in [5, 5.41) is 14.8. The first-order valence-electron chi connectivity index (χ1n) is 10.4. The molecule has 0 bridgehead atoms. The van der Waals surface area contributed by atoms with Crippen LogP contribution in [0.25, 0.3) is 21.3 Å². The van der Waals surface area contributed by atoms with Gasteiger partial charge in [0.25, 0.3) is 5.56 Å². The van der Waals surface area contributed by atoms with Crippen molar-refractivity contribution in [2.45, 2.75) is 26.3 Å². The standard InChI is InChI=1S/C21H28N8O2S/c1-5-13(14(12-31-4)10-27(2)22)11-29-21(30)18-16(9-24-29)19-20(28(18)3)25-17(32-19)8-15-6-7-23-26-15/h6-7,9-10,13H,5,8,11-12,22H2,1-4H3,(H,23,26)/b14-10-. The Morgan fingerprint density at radius 2 is 2.28 bits per heavy atom. The van der Waals surface area contributed by atoms with Crippen LogP contribution in [0.4, 0.5) is 0 Å². The van der Waals surface area contributed by atoms with Crippen LogP contribution in [0.5, 0.6) is 0 Å². The van der Waals surface area contributed by atoms with Crippen molar-refractivity contribution in [1.82, 2.24) is 34.5 Å². The van der Waals surface area contributed by atoms with Crippen molar-refractivity contribution in [3.63, 3.8) is 0 Å². The fourth-order valence-electron chi connectivity index (χ4n) is 3.99. The molecule has 4 rings (SSSR count). The third-order valence-corrected chi connectivity index (χ3v) is 6.63. The Bertz CT molecular complexity index is 1300. The molecule has 0 aliphatic carbocycles. The zero-order valence-electron chi connectivity index (χ0n) is 18.7. The van der Waals surface area contributed by atoms with E-state index in [1.54, 1.807) is 37.9 Å². The minimum atomic E-state index is -0.125. The van der Waals surface area contributed by atoms with Crippen molar-refractivity contribution in [1.29, 1.82) is 0 Å². The van der Waals surface area contributed by atoms with E-state index in [-0.39, 0.29) is 11.5 Å². The summed E-state index contributed by atoms with van der Waals surface area (Å²) >= 11 is 1.58. The average molecular weight is 457 g/mol. The molecule has 1 unspecified atom stereocenters. The van der Waals surface area contributed by atoms with Crippen LogP contribution in [0.15, 0.2) is 35.0 Å². The number of aryl methyl sites for hydroxylation is 1. The minimum Gasteiger partial charge on any atom is -0.380 e. The van der Waals surface area contributed by atoms with Gasteiger partial charge in [0.1, 0.15) is 10.5 Å². The highest BCUT2D eigenvalue weighted by molar-refractivity contribution is 7.19. The molecule has 0 radical (unpaired) electrons. The van der Waals surface area contributed by atoms with E-state index in [2.05, 4.69) is 22.2 Å². The number of hydrogen-bond acceptors (Lipinski definition) is 8. The van der Waals surface area contributed by atoms with Crippen LogP contribution in [0.3, 0.4) is 0 Å². The van der Waals surface area contributed by atoms with E-state index in [0.717, 1.165) is 38.4 Å². The maximum atomic E-state index is 13.4. The Balaban J connectivity index is 1.70. The molecule has 0 aliphatic heterocycles. The molecule has 0 aromatic carbocycles. The zero-order chi connectivity index (χ0) is 22.8. The number of hydrazine groups is 1. The fourth-order valence-corrected chi connectivity index (χ4v) is 5.11. The van der Waals surface area contributed by atoms with E-state index in [9.17, 15) is 4.79 Å². The molecule has 4 aromatic heterocycles. The molecule has 3 N–H and O–H groups in total. The van der Waals surface area contributed by atoms with Crippen molar-refractivity contribution in [2.24, 2.45) is 18.8 Å². The molecular formula is C21H28N8O2S. The summed E-state index contributed by atoms with van der Waals surface area (Å²) < 4.78 is 9.72. The predicted molar refractivity (Wildman–Crippen MR) is 125 cm³/mol. The lowest BCUT2D eigenvalue weighted by Gasteiger charge is -2.21. The highest BCUT2D eigenvalue weighted by Crippen LogP contribution is 2.31. The third-order valence-electron chi connectivity index (χ3n) is 5.55. The predicted octanol–water partition coefficient (Wildman–Crippen LogP) is 2.02. The molecule has 0 spiro atoms. The van der Waals surface area contributed by atoms with E-state index in [1.807, 2.05) is 23.9 Å². The Labute approximate surface area is 189 Å². The first kappa shape index (κ1) is 22.2. The molecule has 10 nitrogen and oxygen atoms in total. The summed E-state index contributed by atoms with van der Waals surface area (Å²) in [6, 6.07) is 1.93. The molecule has 0 saturated heterocycles. The smallest absolute Gasteiger partial charge is 0.291 e. The lowest BCUT2D eigenvalue weighted by Crippen LogP contribution is -2.29. The highest BCUT2D eigenvalue weighted by atomic mass is 32.1. The molecule has 170 valence electrons. The summed E-state index contributed by atoms with van der Waals surface area (Å²) in [5.74, 6) is 5.89. The molecule has 0 amide bonds. The number of nitrogens with zero attached hydrogens (tertiary/aromatic N) is 6. The second-order valence-electron chi connectivity index (χ2n) is 7.86. The molecule has 4 heterocycles. The van der Waals surface area contributed by atoms with Crippen molar-refractivity contribution in [3.8, 4) is 0 Å². The number of nitrogens with one attached hydrogen (secondary N) is 1. The Morgan fingerprint density at radius 3 is 2.94 bits per heavy atom. The molecule has 0 fully saturated rings. The average Bonchev–Trinajstić information content (AvgIpc) is 3.46. The topological polar surface area (TPSA) is 120 Å². The molecule has 0 aliphatic rings. The summed E-state index contributed by atoms with van der Waals surface area (Å²) in [7, 11) is 5.30. The SMILES string of the molecule is CCC(Cn1ncc2c3sc(Cc4cc[nH]n4)nc3n(C)c2c1=O)/C(=C\N(C)N)COC. The van der Waals surface area contributed by atoms with Gasteiger partial charge in [-0.05, 0) is 18.1 Å². The second kappa shape index (κ2) is 9.23. The van der Waals surface area contributed by atoms with Gasteiger partial charge >= 0.3 is 0 Å². The summed E-state index contributed by atoms with van der Waals surface area (Å²) in [4.78, 5) is 18.1. The second-order valence-corrected chi connectivity index (χ2v) is 8.95. The van der Waals surface area contributed by atoms with Crippen molar-refractivity contribution >= 4 is 32.6 Å². The van der Waals surface area contributed by atoms with Crippen molar-refractivity contribution in [3.05, 3.63) is 51.3 Å². The van der Waals surface area contributed by atoms with Crippen molar-refractivity contribution < 1.29 is 4.74 Å². The number of nitrogens with two attached hydrogens (primary N) is 1. The summed E-state index contributed by atoms with van der Waals surface area (Å²) in [6.07, 6.45) is 6.90. The van der Waals surface area contributed by atoms with Gasteiger partial charge in [0.05, 0.1) is 29.7 Å². The minimum absolute atomic E-state index is 0.0727. The van der Waals surface area contributed by atoms with Crippen LogP contribution in [0.1, 0.15) is 24.0 Å². The number of aromatic nitrogens is 6. The number of aromatic amines is 1. The van der Waals surface area contributed by atoms with Gasteiger partial charge in [-0.15, -0.1) is 11.3 Å². The molecule has 0 saturated carbocycles. The zero-order valence-corrected chi connectivity index (χ0v) is 19.5. The van der Waals surface area contributed by atoms with Crippen molar-refractivity contribution in [2.75, 3.05) is 20.8 Å². The number of fused-ring (bicyclic) bond motifs is 3. The van der Waals surface area contributed by atoms with Gasteiger partial charge in [0, 0.05) is 51.3 Å². The largest absolute Gasteiger partial charge is 0.380 e. The van der Waals surface area contributed by atoms with Crippen LogP contribution >= 0.6 is 11.3 Å². The van der Waals surface area contributed by atoms with E-state index in [1.165, 1.54) is 9.69 Å². The molecule has 32 heavy (non-hydrogen) atoms. The van der Waals surface area contributed by atoms with E-state index >= 15 is 0 Å². The Morgan fingerprint density at radius 1 is 1.47 bits per heavy atom. The maximum absolute atomic E-state index is 13.4. The fraction of sp³-hybridized carbons (Fsp3) is 0.429. The lowest BCUT2D eigenvalue weighted by atomic mass is 9.97. The van der Waals surface area contributed by atoms with Gasteiger partial charge < -0.3 is 14.3 Å². The van der Waals surface area contributed by atoms with Crippen LogP contribution in [0.2, 0.25) is 0 Å². The normalized spacial score (nSPS) is 13.3. The lowest BCUT2D eigenvalue weighted by molar-refractivity contribution is 0.209.